The summed E-state index contributed by atoms with van der Waals surface area (Å²) in [6.07, 6.45) is 2.62. The fourth-order valence-corrected chi connectivity index (χ4v) is 2.02. The molecule has 1 aliphatic heterocycles. The van der Waals surface area contributed by atoms with E-state index in [4.69, 9.17) is 0 Å². The van der Waals surface area contributed by atoms with Crippen molar-refractivity contribution in [3.63, 3.8) is 0 Å². The van der Waals surface area contributed by atoms with Gasteiger partial charge in [0.2, 0.25) is 5.91 Å². The van der Waals surface area contributed by atoms with Gasteiger partial charge in [0.15, 0.2) is 0 Å². The third-order valence-corrected chi connectivity index (χ3v) is 3.05. The largest absolute Gasteiger partial charge is 0.322 e. The number of nitro benzene ring substituents is 1. The van der Waals surface area contributed by atoms with Crippen LogP contribution in [0.4, 0.5) is 15.8 Å². The van der Waals surface area contributed by atoms with E-state index in [1.807, 2.05) is 0 Å². The van der Waals surface area contributed by atoms with Crippen LogP contribution in [0.25, 0.3) is 0 Å². The van der Waals surface area contributed by atoms with Crippen molar-refractivity contribution in [3.8, 4) is 0 Å². The summed E-state index contributed by atoms with van der Waals surface area (Å²) in [6, 6.07) is 2.69. The predicted molar refractivity (Wildman–Crippen MR) is 67.3 cm³/mol. The Morgan fingerprint density at radius 1 is 1.47 bits per heavy atom. The molecule has 6 nitrogen and oxygen atoms in total. The number of benzene rings is 1. The normalized spacial score (nSPS) is 18.9. The van der Waals surface area contributed by atoms with Crippen LogP contribution in [-0.4, -0.2) is 23.4 Å². The molecule has 1 atom stereocenters. The topological polar surface area (TPSA) is 84.3 Å². The predicted octanol–water partition coefficient (Wildman–Crippen LogP) is 1.81. The average Bonchev–Trinajstić information content (AvgIpc) is 2.42. The third-order valence-electron chi connectivity index (χ3n) is 3.05. The highest BCUT2D eigenvalue weighted by Gasteiger charge is 2.22. The minimum Gasteiger partial charge on any atom is -0.322 e. The number of hydrogen-bond donors (Lipinski definition) is 2. The first-order valence-corrected chi connectivity index (χ1v) is 6.06. The molecule has 1 saturated heterocycles. The number of nitro groups is 1. The lowest BCUT2D eigenvalue weighted by atomic mass is 10.0. The highest BCUT2D eigenvalue weighted by atomic mass is 19.1. The number of rotatable bonds is 3. The molecule has 0 bridgehead atoms. The zero-order chi connectivity index (χ0) is 13.8. The summed E-state index contributed by atoms with van der Waals surface area (Å²) in [6.45, 7) is 0.746. The molecule has 1 amide bonds. The first-order valence-electron chi connectivity index (χ1n) is 6.06. The summed E-state index contributed by atoms with van der Waals surface area (Å²) in [5.41, 5.74) is -0.417. The van der Waals surface area contributed by atoms with Crippen LogP contribution in [0.3, 0.4) is 0 Å². The molecule has 0 spiro atoms. The van der Waals surface area contributed by atoms with Gasteiger partial charge in [0.05, 0.1) is 16.7 Å². The number of halogens is 1. The van der Waals surface area contributed by atoms with E-state index in [9.17, 15) is 19.3 Å². The standard InChI is InChI=1S/C12H14FN3O3/c13-9-5-4-8(16(18)19)7-11(9)15-12(17)10-3-1-2-6-14-10/h4-5,7,10,14H,1-3,6H2,(H,15,17)/t10-/m0/s1. The molecule has 0 aliphatic carbocycles. The van der Waals surface area contributed by atoms with Crippen LogP contribution in [-0.2, 0) is 4.79 Å². The molecule has 0 aromatic heterocycles. The molecule has 1 aromatic carbocycles. The lowest BCUT2D eigenvalue weighted by Crippen LogP contribution is -2.43. The third kappa shape index (κ3) is 3.25. The molecule has 7 heteroatoms. The number of amides is 1. The van der Waals surface area contributed by atoms with E-state index in [0.29, 0.717) is 6.42 Å². The molecule has 1 heterocycles. The van der Waals surface area contributed by atoms with Crippen LogP contribution in [0.2, 0.25) is 0 Å². The Morgan fingerprint density at radius 3 is 2.89 bits per heavy atom. The van der Waals surface area contributed by atoms with Gasteiger partial charge in [0.25, 0.3) is 5.69 Å². The van der Waals surface area contributed by atoms with Crippen LogP contribution in [0.1, 0.15) is 19.3 Å². The summed E-state index contributed by atoms with van der Waals surface area (Å²) in [7, 11) is 0. The zero-order valence-corrected chi connectivity index (χ0v) is 10.2. The first-order chi connectivity index (χ1) is 9.08. The minimum absolute atomic E-state index is 0.161. The van der Waals surface area contributed by atoms with Gasteiger partial charge < -0.3 is 10.6 Å². The Kier molecular flexibility index (Phi) is 4.06. The lowest BCUT2D eigenvalue weighted by molar-refractivity contribution is -0.384. The van der Waals surface area contributed by atoms with Crippen molar-refractivity contribution in [2.45, 2.75) is 25.3 Å². The number of anilines is 1. The van der Waals surface area contributed by atoms with Crippen LogP contribution >= 0.6 is 0 Å². The fourth-order valence-electron chi connectivity index (χ4n) is 2.02. The number of non-ortho nitro benzene ring substituents is 1. The van der Waals surface area contributed by atoms with Gasteiger partial charge in [-0.2, -0.15) is 0 Å². The molecule has 1 aromatic rings. The maximum absolute atomic E-state index is 13.5. The second-order valence-corrected chi connectivity index (χ2v) is 4.41. The number of nitrogens with one attached hydrogen (secondary N) is 2. The number of hydrogen-bond acceptors (Lipinski definition) is 4. The Balaban J connectivity index is 2.11. The maximum Gasteiger partial charge on any atom is 0.271 e. The molecule has 1 aliphatic rings. The van der Waals surface area contributed by atoms with Gasteiger partial charge in [-0.1, -0.05) is 6.42 Å². The quantitative estimate of drug-likeness (QED) is 0.646. The van der Waals surface area contributed by atoms with Crippen molar-refractivity contribution in [1.82, 2.24) is 5.32 Å². The smallest absolute Gasteiger partial charge is 0.271 e. The molecule has 2 N–H and O–H groups in total. The highest BCUT2D eigenvalue weighted by Crippen LogP contribution is 2.21. The molecular formula is C12H14FN3O3. The second kappa shape index (κ2) is 5.75. The summed E-state index contributed by atoms with van der Waals surface area (Å²) in [4.78, 5) is 21.9. The molecule has 0 saturated carbocycles. The van der Waals surface area contributed by atoms with E-state index >= 15 is 0 Å². The fraction of sp³-hybridized carbons (Fsp3) is 0.417. The number of carbonyl (C=O) groups excluding carboxylic acids is 1. The second-order valence-electron chi connectivity index (χ2n) is 4.41. The van der Waals surface area contributed by atoms with Crippen molar-refractivity contribution in [1.29, 1.82) is 0 Å². The Morgan fingerprint density at radius 2 is 2.26 bits per heavy atom. The monoisotopic (exact) mass is 267 g/mol. The first kappa shape index (κ1) is 13.4. The minimum atomic E-state index is -0.685. The Bertz CT molecular complexity index is 501. The van der Waals surface area contributed by atoms with Gasteiger partial charge in [-0.25, -0.2) is 4.39 Å². The summed E-state index contributed by atoms with van der Waals surface area (Å²) >= 11 is 0. The summed E-state index contributed by atoms with van der Waals surface area (Å²) < 4.78 is 13.5. The zero-order valence-electron chi connectivity index (χ0n) is 10.2. The molecular weight excluding hydrogens is 253 g/mol. The van der Waals surface area contributed by atoms with E-state index in [1.165, 1.54) is 0 Å². The van der Waals surface area contributed by atoms with Crippen LogP contribution in [0.15, 0.2) is 18.2 Å². The van der Waals surface area contributed by atoms with Crippen molar-refractivity contribution in [2.75, 3.05) is 11.9 Å². The van der Waals surface area contributed by atoms with Gasteiger partial charge in [-0.15, -0.1) is 0 Å². The van der Waals surface area contributed by atoms with Crippen molar-refractivity contribution >= 4 is 17.3 Å². The van der Waals surface area contributed by atoms with Crippen LogP contribution < -0.4 is 10.6 Å². The van der Waals surface area contributed by atoms with Crippen molar-refractivity contribution < 1.29 is 14.1 Å². The SMILES string of the molecule is O=C(Nc1cc([N+](=O)[O-])ccc1F)[C@@H]1CCCCN1. The van der Waals surface area contributed by atoms with E-state index in [2.05, 4.69) is 10.6 Å². The van der Waals surface area contributed by atoms with Crippen molar-refractivity contribution in [2.24, 2.45) is 0 Å². The number of piperidine rings is 1. The van der Waals surface area contributed by atoms with E-state index in [-0.39, 0.29) is 23.3 Å². The molecule has 19 heavy (non-hydrogen) atoms. The number of carbonyl (C=O) groups is 1. The van der Waals surface area contributed by atoms with E-state index < -0.39 is 10.7 Å². The average molecular weight is 267 g/mol. The molecule has 1 fully saturated rings. The molecule has 2 rings (SSSR count). The summed E-state index contributed by atoms with van der Waals surface area (Å²) in [5.74, 6) is -1.05. The van der Waals surface area contributed by atoms with Gasteiger partial charge >= 0.3 is 0 Å². The Labute approximate surface area is 109 Å². The highest BCUT2D eigenvalue weighted by molar-refractivity contribution is 5.95. The van der Waals surface area contributed by atoms with E-state index in [1.54, 1.807) is 0 Å². The molecule has 0 radical (unpaired) electrons. The maximum atomic E-state index is 13.5. The lowest BCUT2D eigenvalue weighted by Gasteiger charge is -2.22. The van der Waals surface area contributed by atoms with E-state index in [0.717, 1.165) is 37.6 Å². The summed E-state index contributed by atoms with van der Waals surface area (Å²) in [5, 5.41) is 16.0. The van der Waals surface area contributed by atoms with Gasteiger partial charge in [-0.3, -0.25) is 14.9 Å². The van der Waals surface area contributed by atoms with Crippen molar-refractivity contribution in [3.05, 3.63) is 34.1 Å². The van der Waals surface area contributed by atoms with Crippen LogP contribution in [0, 0.1) is 15.9 Å². The Hall–Kier alpha value is -2.02. The molecule has 0 unspecified atom stereocenters. The molecule has 102 valence electrons. The van der Waals surface area contributed by atoms with Crippen LogP contribution in [0.5, 0.6) is 0 Å². The number of nitrogens with zero attached hydrogens (tertiary/aromatic N) is 1. The van der Waals surface area contributed by atoms with Gasteiger partial charge in [-0.05, 0) is 25.5 Å². The van der Waals surface area contributed by atoms with Gasteiger partial charge in [0.1, 0.15) is 5.82 Å². The van der Waals surface area contributed by atoms with Gasteiger partial charge in [0, 0.05) is 12.1 Å².